The van der Waals surface area contributed by atoms with Crippen molar-refractivity contribution in [3.63, 3.8) is 0 Å². The molecule has 1 aromatic heterocycles. The van der Waals surface area contributed by atoms with Gasteiger partial charge in [-0.05, 0) is 30.0 Å². The van der Waals surface area contributed by atoms with Gasteiger partial charge in [-0.15, -0.1) is 0 Å². The predicted octanol–water partition coefficient (Wildman–Crippen LogP) is 5.11. The van der Waals surface area contributed by atoms with Crippen molar-refractivity contribution in [2.45, 2.75) is 10.4 Å². The van der Waals surface area contributed by atoms with Crippen LogP contribution in [0.2, 0.25) is 0 Å². The lowest BCUT2D eigenvalue weighted by Crippen LogP contribution is -1.98. The maximum atomic E-state index is 12.4. The van der Waals surface area contributed by atoms with Crippen LogP contribution in [0.1, 0.15) is 0 Å². The fourth-order valence-electron chi connectivity index (χ4n) is 1.92. The van der Waals surface area contributed by atoms with Crippen LogP contribution in [0, 0.1) is 0 Å². The van der Waals surface area contributed by atoms with Gasteiger partial charge in [-0.3, -0.25) is 0 Å². The van der Waals surface area contributed by atoms with Crippen LogP contribution in [0.4, 0.5) is 13.2 Å². The number of thioether (sulfide) groups is 1. The van der Waals surface area contributed by atoms with Crippen molar-refractivity contribution in [2.24, 2.45) is 0 Å². The number of halogens is 3. The van der Waals surface area contributed by atoms with Gasteiger partial charge in [-0.25, -0.2) is 0 Å². The van der Waals surface area contributed by atoms with E-state index in [9.17, 15) is 13.2 Å². The molecule has 0 bridgehead atoms. The molecule has 3 aromatic rings. The van der Waals surface area contributed by atoms with Crippen LogP contribution in [0.5, 0.6) is 0 Å². The Hall–Kier alpha value is -1.95. The molecule has 2 nitrogen and oxygen atoms in total. The molecular weight excluding hydrogens is 287 g/mol. The highest BCUT2D eigenvalue weighted by molar-refractivity contribution is 8.00. The highest BCUT2D eigenvalue weighted by Gasteiger charge is 2.29. The second-order valence-corrected chi connectivity index (χ2v) is 5.24. The fourth-order valence-corrected chi connectivity index (χ4v) is 2.50. The second-order valence-electron chi connectivity index (χ2n) is 4.10. The van der Waals surface area contributed by atoms with Crippen LogP contribution < -0.4 is 0 Å². The van der Waals surface area contributed by atoms with Gasteiger partial charge >= 0.3 is 5.51 Å². The molecular formula is C14H8F3NOS. The summed E-state index contributed by atoms with van der Waals surface area (Å²) >= 11 is -0.147. The topological polar surface area (TPSA) is 26.0 Å². The number of rotatable bonds is 2. The van der Waals surface area contributed by atoms with Gasteiger partial charge in [-0.1, -0.05) is 35.5 Å². The third-order valence-electron chi connectivity index (χ3n) is 2.72. The average molecular weight is 295 g/mol. The van der Waals surface area contributed by atoms with Crippen LogP contribution in [-0.4, -0.2) is 10.7 Å². The Morgan fingerprint density at radius 2 is 1.75 bits per heavy atom. The van der Waals surface area contributed by atoms with Crippen LogP contribution in [0.25, 0.3) is 22.2 Å². The molecule has 102 valence electrons. The molecule has 0 spiro atoms. The van der Waals surface area contributed by atoms with Crippen molar-refractivity contribution in [1.82, 2.24) is 5.16 Å². The van der Waals surface area contributed by atoms with E-state index in [1.165, 1.54) is 18.2 Å². The summed E-state index contributed by atoms with van der Waals surface area (Å²) in [7, 11) is 0. The first-order chi connectivity index (χ1) is 9.53. The normalized spacial score (nSPS) is 11.9. The van der Waals surface area contributed by atoms with Gasteiger partial charge in [0.15, 0.2) is 5.76 Å². The number of alkyl halides is 3. The lowest BCUT2D eigenvalue weighted by molar-refractivity contribution is -0.0328. The van der Waals surface area contributed by atoms with E-state index < -0.39 is 5.51 Å². The summed E-state index contributed by atoms with van der Waals surface area (Å²) in [6.45, 7) is 0. The molecule has 20 heavy (non-hydrogen) atoms. The van der Waals surface area contributed by atoms with Gasteiger partial charge in [0.2, 0.25) is 0 Å². The minimum Gasteiger partial charge on any atom is -0.355 e. The standard InChI is InChI=1S/C14H8F3NOS/c15-14(16,17)20-10-6-7-12-11(8-10)13(19-18-12)9-4-2-1-3-5-9/h1-8H. The molecule has 0 radical (unpaired) electrons. The molecule has 0 aliphatic heterocycles. The molecule has 0 fully saturated rings. The Balaban J connectivity index is 2.09. The second kappa shape index (κ2) is 4.86. The molecule has 6 heteroatoms. The molecule has 2 aromatic carbocycles. The van der Waals surface area contributed by atoms with Crippen molar-refractivity contribution in [3.05, 3.63) is 48.5 Å². The number of aromatic nitrogens is 1. The molecule has 0 amide bonds. The lowest BCUT2D eigenvalue weighted by atomic mass is 10.1. The van der Waals surface area contributed by atoms with Crippen LogP contribution >= 0.6 is 11.8 Å². The highest BCUT2D eigenvalue weighted by atomic mass is 32.2. The van der Waals surface area contributed by atoms with E-state index in [1.54, 1.807) is 0 Å². The Bertz CT molecular complexity index is 737. The molecule has 3 rings (SSSR count). The molecule has 0 atom stereocenters. The summed E-state index contributed by atoms with van der Waals surface area (Å²) in [5, 5.41) is 4.44. The Labute approximate surface area is 116 Å². The van der Waals surface area contributed by atoms with E-state index in [0.717, 1.165) is 5.56 Å². The predicted molar refractivity (Wildman–Crippen MR) is 71.4 cm³/mol. The van der Waals surface area contributed by atoms with Crippen molar-refractivity contribution in [1.29, 1.82) is 0 Å². The molecule has 0 unspecified atom stereocenters. The molecule has 0 aliphatic rings. The van der Waals surface area contributed by atoms with Gasteiger partial charge in [-0.2, -0.15) is 13.2 Å². The lowest BCUT2D eigenvalue weighted by Gasteiger charge is -2.05. The molecule has 0 saturated heterocycles. The quantitative estimate of drug-likeness (QED) is 0.615. The zero-order chi connectivity index (χ0) is 14.2. The van der Waals surface area contributed by atoms with Gasteiger partial charge in [0.1, 0.15) is 5.52 Å². The van der Waals surface area contributed by atoms with E-state index in [-0.39, 0.29) is 16.7 Å². The number of hydrogen-bond acceptors (Lipinski definition) is 3. The van der Waals surface area contributed by atoms with Crippen LogP contribution in [0.3, 0.4) is 0 Å². The maximum absolute atomic E-state index is 12.4. The zero-order valence-corrected chi connectivity index (χ0v) is 10.8. The van der Waals surface area contributed by atoms with Crippen molar-refractivity contribution >= 4 is 22.7 Å². The van der Waals surface area contributed by atoms with Gasteiger partial charge in [0.25, 0.3) is 0 Å². The van der Waals surface area contributed by atoms with Gasteiger partial charge < -0.3 is 4.52 Å². The number of nitrogens with zero attached hydrogens (tertiary/aromatic N) is 1. The molecule has 0 aliphatic carbocycles. The monoisotopic (exact) mass is 295 g/mol. The smallest absolute Gasteiger partial charge is 0.355 e. The molecule has 0 N–H and O–H groups in total. The Morgan fingerprint density at radius 3 is 2.45 bits per heavy atom. The first kappa shape index (κ1) is 13.1. The Kier molecular flexibility index (Phi) is 3.17. The first-order valence-corrected chi connectivity index (χ1v) is 6.55. The van der Waals surface area contributed by atoms with Crippen molar-refractivity contribution in [3.8, 4) is 11.3 Å². The largest absolute Gasteiger partial charge is 0.446 e. The van der Waals surface area contributed by atoms with E-state index >= 15 is 0 Å². The SMILES string of the molecule is FC(F)(F)Sc1ccc2noc(-c3ccccc3)c2c1. The minimum absolute atomic E-state index is 0.116. The third kappa shape index (κ3) is 2.65. The zero-order valence-electron chi connectivity index (χ0n) is 10.0. The van der Waals surface area contributed by atoms with Gasteiger partial charge in [0, 0.05) is 10.5 Å². The van der Waals surface area contributed by atoms with Crippen molar-refractivity contribution in [2.75, 3.05) is 0 Å². The van der Waals surface area contributed by atoms with Crippen LogP contribution in [-0.2, 0) is 0 Å². The molecule has 1 heterocycles. The van der Waals surface area contributed by atoms with E-state index in [0.29, 0.717) is 16.7 Å². The maximum Gasteiger partial charge on any atom is 0.446 e. The van der Waals surface area contributed by atoms with Gasteiger partial charge in [0.05, 0.1) is 5.39 Å². The number of fused-ring (bicyclic) bond motifs is 1. The van der Waals surface area contributed by atoms with E-state index in [4.69, 9.17) is 4.52 Å². The number of benzene rings is 2. The first-order valence-electron chi connectivity index (χ1n) is 5.73. The van der Waals surface area contributed by atoms with E-state index in [1.807, 2.05) is 30.3 Å². The minimum atomic E-state index is -4.31. The third-order valence-corrected chi connectivity index (χ3v) is 3.44. The summed E-state index contributed by atoms with van der Waals surface area (Å²) in [5.41, 5.74) is -2.99. The number of hydrogen-bond donors (Lipinski definition) is 0. The van der Waals surface area contributed by atoms with Crippen molar-refractivity contribution < 1.29 is 17.7 Å². The average Bonchev–Trinajstić information content (AvgIpc) is 2.81. The summed E-state index contributed by atoms with van der Waals surface area (Å²) in [4.78, 5) is 0.116. The fraction of sp³-hybridized carbons (Fsp3) is 0.0714. The highest BCUT2D eigenvalue weighted by Crippen LogP contribution is 2.39. The van der Waals surface area contributed by atoms with Crippen LogP contribution in [0.15, 0.2) is 57.9 Å². The van der Waals surface area contributed by atoms with E-state index in [2.05, 4.69) is 5.16 Å². The summed E-state index contributed by atoms with van der Waals surface area (Å²) in [6, 6.07) is 13.5. The summed E-state index contributed by atoms with van der Waals surface area (Å²) < 4.78 is 42.5. The molecule has 0 saturated carbocycles. The summed E-state index contributed by atoms with van der Waals surface area (Å²) in [6.07, 6.45) is 0. The summed E-state index contributed by atoms with van der Waals surface area (Å²) in [5.74, 6) is 0.477. The Morgan fingerprint density at radius 1 is 1.00 bits per heavy atom.